The molecule has 0 aliphatic heterocycles. The van der Waals surface area contributed by atoms with Crippen molar-refractivity contribution < 1.29 is 24.2 Å². The Morgan fingerprint density at radius 2 is 1.61 bits per heavy atom. The van der Waals surface area contributed by atoms with Crippen LogP contribution < -0.4 is 20.1 Å². The van der Waals surface area contributed by atoms with Crippen molar-refractivity contribution in [2.24, 2.45) is 0 Å². The fourth-order valence-corrected chi connectivity index (χ4v) is 4.88. The van der Waals surface area contributed by atoms with Crippen LogP contribution in [-0.4, -0.2) is 43.3 Å². The molecular formula is C29H38N2O5. The smallest absolute Gasteiger partial charge is 0.325 e. The van der Waals surface area contributed by atoms with E-state index in [1.54, 1.807) is 27.2 Å². The average Bonchev–Trinajstić information content (AvgIpc) is 2.87. The highest BCUT2D eigenvalue weighted by molar-refractivity contribution is 6.00. The molecule has 0 aromatic heterocycles. The fourth-order valence-electron chi connectivity index (χ4n) is 4.88. The second kappa shape index (κ2) is 12.0. The Hall–Kier alpha value is -3.48. The van der Waals surface area contributed by atoms with Crippen molar-refractivity contribution in [1.29, 1.82) is 0 Å². The topological polar surface area (TPSA) is 96.9 Å². The molecule has 2 aromatic rings. The largest absolute Gasteiger partial charge is 0.496 e. The van der Waals surface area contributed by atoms with E-state index in [2.05, 4.69) is 34.9 Å². The van der Waals surface area contributed by atoms with Crippen molar-refractivity contribution >= 4 is 23.6 Å². The van der Waals surface area contributed by atoms with Crippen LogP contribution in [0.25, 0.3) is 17.2 Å². The lowest BCUT2D eigenvalue weighted by Gasteiger charge is -2.24. The molecule has 1 fully saturated rings. The van der Waals surface area contributed by atoms with Gasteiger partial charge >= 0.3 is 5.97 Å². The Kier molecular flexibility index (Phi) is 9.02. The van der Waals surface area contributed by atoms with Crippen LogP contribution >= 0.6 is 0 Å². The minimum Gasteiger partial charge on any atom is -0.496 e. The number of hydrogen-bond donors (Lipinski definition) is 3. The number of carbonyl (C=O) groups is 2. The summed E-state index contributed by atoms with van der Waals surface area (Å²) in [5.74, 6) is -0.189. The van der Waals surface area contributed by atoms with Gasteiger partial charge in [-0.25, -0.2) is 0 Å². The second-order valence-corrected chi connectivity index (χ2v) is 9.52. The molecule has 7 nitrogen and oxygen atoms in total. The van der Waals surface area contributed by atoms with Crippen LogP contribution in [-0.2, 0) is 9.59 Å². The minimum atomic E-state index is -1.09. The highest BCUT2D eigenvalue weighted by atomic mass is 16.5. The van der Waals surface area contributed by atoms with Crippen molar-refractivity contribution in [2.75, 3.05) is 19.5 Å². The molecule has 0 spiro atoms. The van der Waals surface area contributed by atoms with Gasteiger partial charge in [-0.05, 0) is 64.3 Å². The summed E-state index contributed by atoms with van der Waals surface area (Å²) in [6.45, 7) is 6.98. The van der Waals surface area contributed by atoms with Crippen LogP contribution in [0.5, 0.6) is 11.5 Å². The third-order valence-electron chi connectivity index (χ3n) is 6.93. The van der Waals surface area contributed by atoms with Crippen LogP contribution in [0, 0.1) is 13.8 Å². The summed E-state index contributed by atoms with van der Waals surface area (Å²) in [6.07, 6.45) is 8.04. The Labute approximate surface area is 213 Å². The molecule has 3 N–H and O–H groups in total. The molecule has 1 amide bonds. The summed E-state index contributed by atoms with van der Waals surface area (Å²) in [7, 11) is 3.24. The van der Waals surface area contributed by atoms with Gasteiger partial charge in [-0.1, -0.05) is 31.4 Å². The summed E-state index contributed by atoms with van der Waals surface area (Å²) >= 11 is 0. The molecule has 0 heterocycles. The zero-order valence-electron chi connectivity index (χ0n) is 22.2. The zero-order valence-corrected chi connectivity index (χ0v) is 22.2. The highest BCUT2D eigenvalue weighted by Gasteiger charge is 2.23. The van der Waals surface area contributed by atoms with Crippen molar-refractivity contribution in [1.82, 2.24) is 5.32 Å². The van der Waals surface area contributed by atoms with Crippen LogP contribution in [0.4, 0.5) is 5.69 Å². The van der Waals surface area contributed by atoms with Gasteiger partial charge in [0.05, 0.1) is 14.2 Å². The van der Waals surface area contributed by atoms with Crippen molar-refractivity contribution in [3.8, 4) is 22.6 Å². The summed E-state index contributed by atoms with van der Waals surface area (Å²) < 4.78 is 11.7. The molecule has 1 atom stereocenters. The first-order valence-corrected chi connectivity index (χ1v) is 12.5. The van der Waals surface area contributed by atoms with Crippen LogP contribution in [0.3, 0.4) is 0 Å². The summed E-state index contributed by atoms with van der Waals surface area (Å²) in [5.41, 5.74) is 5.89. The number of benzene rings is 2. The molecule has 0 bridgehead atoms. The number of methoxy groups -OCH3 is 2. The normalized spacial score (nSPS) is 15.2. The Morgan fingerprint density at radius 1 is 1.00 bits per heavy atom. The van der Waals surface area contributed by atoms with E-state index in [4.69, 9.17) is 14.6 Å². The van der Waals surface area contributed by atoms with Crippen molar-refractivity contribution in [3.05, 3.63) is 46.5 Å². The van der Waals surface area contributed by atoms with Crippen LogP contribution in [0.15, 0.2) is 29.8 Å². The van der Waals surface area contributed by atoms with Crippen LogP contribution in [0.2, 0.25) is 0 Å². The van der Waals surface area contributed by atoms with Gasteiger partial charge in [0, 0.05) is 39.6 Å². The van der Waals surface area contributed by atoms with E-state index in [0.717, 1.165) is 33.5 Å². The number of amides is 1. The third kappa shape index (κ3) is 6.01. The van der Waals surface area contributed by atoms with Gasteiger partial charge < -0.3 is 25.2 Å². The Morgan fingerprint density at radius 3 is 2.17 bits per heavy atom. The number of carboxylic acids is 1. The molecule has 1 saturated carbocycles. The molecule has 0 radical (unpaired) electrons. The first-order chi connectivity index (χ1) is 17.2. The van der Waals surface area contributed by atoms with E-state index in [1.807, 2.05) is 13.8 Å². The van der Waals surface area contributed by atoms with Crippen molar-refractivity contribution in [3.63, 3.8) is 0 Å². The molecule has 7 heteroatoms. The zero-order chi connectivity index (χ0) is 26.4. The van der Waals surface area contributed by atoms with Gasteiger partial charge in [0.1, 0.15) is 17.5 Å². The summed E-state index contributed by atoms with van der Waals surface area (Å²) in [4.78, 5) is 23.7. The number of hydrogen-bond acceptors (Lipinski definition) is 5. The lowest BCUT2D eigenvalue weighted by Crippen LogP contribution is -2.38. The quantitative estimate of drug-likeness (QED) is 0.386. The minimum absolute atomic E-state index is 0.372. The Balaban J connectivity index is 1.98. The van der Waals surface area contributed by atoms with E-state index >= 15 is 0 Å². The number of carboxylic acid groups (broad SMARTS) is 1. The highest BCUT2D eigenvalue weighted by Crippen LogP contribution is 2.45. The van der Waals surface area contributed by atoms with Crippen molar-refractivity contribution in [2.45, 2.75) is 71.9 Å². The molecule has 3 rings (SSSR count). The second-order valence-electron chi connectivity index (χ2n) is 9.52. The third-order valence-corrected chi connectivity index (χ3v) is 6.93. The lowest BCUT2D eigenvalue weighted by molar-refractivity contribution is -0.140. The van der Waals surface area contributed by atoms with E-state index in [0.29, 0.717) is 23.1 Å². The first-order valence-electron chi connectivity index (χ1n) is 12.5. The van der Waals surface area contributed by atoms with Crippen LogP contribution in [0.1, 0.15) is 62.6 Å². The molecule has 36 heavy (non-hydrogen) atoms. The monoisotopic (exact) mass is 494 g/mol. The molecule has 194 valence electrons. The number of ether oxygens (including phenoxy) is 2. The molecule has 2 aromatic carbocycles. The molecule has 0 saturated heterocycles. The Bertz CT molecular complexity index is 1130. The summed E-state index contributed by atoms with van der Waals surface area (Å²) in [5, 5.41) is 15.2. The molecular weight excluding hydrogens is 456 g/mol. The lowest BCUT2D eigenvalue weighted by atomic mass is 9.91. The standard InChI is InChI=1S/C29H38N2O5/c1-17(28(32)30-20(4)29(33)34)16-24-18(2)27(36-6)25(19(3)26(24)35-5)21-12-14-23(15-13-21)31-22-10-8-7-9-11-22/h12-16,20,22,31H,7-11H2,1-6H3,(H,30,32)(H,33,34)/t20-/m1/s1. The average molecular weight is 495 g/mol. The fraction of sp³-hybridized carbons (Fsp3) is 0.448. The van der Waals surface area contributed by atoms with E-state index < -0.39 is 17.9 Å². The van der Waals surface area contributed by atoms with Gasteiger partial charge in [-0.3, -0.25) is 9.59 Å². The summed E-state index contributed by atoms with van der Waals surface area (Å²) in [6, 6.07) is 7.95. The molecule has 1 aliphatic carbocycles. The van der Waals surface area contributed by atoms with Gasteiger partial charge in [0.15, 0.2) is 0 Å². The van der Waals surface area contributed by atoms with Gasteiger partial charge in [0.25, 0.3) is 0 Å². The van der Waals surface area contributed by atoms with E-state index in [-0.39, 0.29) is 0 Å². The number of anilines is 1. The number of carbonyl (C=O) groups excluding carboxylic acids is 1. The number of rotatable bonds is 9. The number of aliphatic carboxylic acids is 1. The SMILES string of the molecule is COc1c(C)c(-c2ccc(NC3CCCCC3)cc2)c(OC)c(C)c1C=C(C)C(=O)N[C@H](C)C(=O)O. The maximum absolute atomic E-state index is 12.6. The first kappa shape index (κ1) is 27.1. The van der Waals surface area contributed by atoms with Gasteiger partial charge in [-0.15, -0.1) is 0 Å². The van der Waals surface area contributed by atoms with E-state index in [9.17, 15) is 9.59 Å². The molecule has 1 aliphatic rings. The van der Waals surface area contributed by atoms with E-state index in [1.165, 1.54) is 39.0 Å². The predicted molar refractivity (Wildman–Crippen MR) is 144 cm³/mol. The molecule has 0 unspecified atom stereocenters. The van der Waals surface area contributed by atoms with Gasteiger partial charge in [-0.2, -0.15) is 0 Å². The number of nitrogens with one attached hydrogen (secondary N) is 2. The van der Waals surface area contributed by atoms with Gasteiger partial charge in [0.2, 0.25) is 5.91 Å². The predicted octanol–water partition coefficient (Wildman–Crippen LogP) is 5.72. The maximum atomic E-state index is 12.6. The maximum Gasteiger partial charge on any atom is 0.325 e.